The van der Waals surface area contributed by atoms with Gasteiger partial charge in [-0.2, -0.15) is 0 Å². The molecule has 1 aromatic heterocycles. The Kier molecular flexibility index (Phi) is 3.81. The average Bonchev–Trinajstić information content (AvgIpc) is 2.77. The van der Waals surface area contributed by atoms with Crippen molar-refractivity contribution >= 4 is 21.9 Å². The molecule has 4 nitrogen and oxygen atoms in total. The first-order chi connectivity index (χ1) is 8.63. The summed E-state index contributed by atoms with van der Waals surface area (Å²) in [6.45, 7) is 2.10. The Morgan fingerprint density at radius 1 is 1.50 bits per heavy atom. The third kappa shape index (κ3) is 2.46. The van der Waals surface area contributed by atoms with Crippen molar-refractivity contribution in [3.63, 3.8) is 0 Å². The summed E-state index contributed by atoms with van der Waals surface area (Å²) in [7, 11) is 0. The minimum Gasteiger partial charge on any atom is -0.478 e. The lowest BCUT2D eigenvalue weighted by Gasteiger charge is -2.08. The van der Waals surface area contributed by atoms with Crippen LogP contribution in [0.2, 0.25) is 0 Å². The molecule has 0 unspecified atom stereocenters. The summed E-state index contributed by atoms with van der Waals surface area (Å²) in [5, 5.41) is 8.98. The van der Waals surface area contributed by atoms with Crippen LogP contribution >= 0.6 is 15.9 Å². The number of carboxylic acids is 1. The van der Waals surface area contributed by atoms with E-state index >= 15 is 0 Å². The average molecular weight is 309 g/mol. The lowest BCUT2D eigenvalue weighted by Crippen LogP contribution is -2.02. The largest absolute Gasteiger partial charge is 0.478 e. The van der Waals surface area contributed by atoms with Crippen molar-refractivity contribution < 1.29 is 9.90 Å². The first kappa shape index (κ1) is 12.8. The minimum absolute atomic E-state index is 0.260. The van der Waals surface area contributed by atoms with Gasteiger partial charge in [0.2, 0.25) is 0 Å². The highest BCUT2D eigenvalue weighted by atomic mass is 79.9. The number of halogens is 1. The maximum absolute atomic E-state index is 10.9. The summed E-state index contributed by atoms with van der Waals surface area (Å²) in [5.74, 6) is 0.0420. The third-order valence-corrected chi connectivity index (χ3v) is 3.31. The highest BCUT2D eigenvalue weighted by Crippen LogP contribution is 2.22. The molecule has 0 spiro atoms. The van der Waals surface area contributed by atoms with E-state index in [-0.39, 0.29) is 5.56 Å². The topological polar surface area (TPSA) is 55.1 Å². The van der Waals surface area contributed by atoms with Crippen molar-refractivity contribution in [3.8, 4) is 5.69 Å². The summed E-state index contributed by atoms with van der Waals surface area (Å²) < 4.78 is 2.54. The molecule has 0 saturated carbocycles. The highest BCUT2D eigenvalue weighted by Gasteiger charge is 2.10. The maximum Gasteiger partial charge on any atom is 0.336 e. The molecule has 0 amide bonds. The zero-order valence-corrected chi connectivity index (χ0v) is 11.5. The lowest BCUT2D eigenvalue weighted by atomic mass is 10.2. The van der Waals surface area contributed by atoms with Crippen molar-refractivity contribution in [1.29, 1.82) is 0 Å². The quantitative estimate of drug-likeness (QED) is 0.943. The molecule has 2 aromatic rings. The monoisotopic (exact) mass is 308 g/mol. The molecule has 0 atom stereocenters. The third-order valence-electron chi connectivity index (χ3n) is 2.65. The van der Waals surface area contributed by atoms with Crippen LogP contribution in [0.5, 0.6) is 0 Å². The summed E-state index contributed by atoms with van der Waals surface area (Å²) in [6.07, 6.45) is 5.55. The summed E-state index contributed by atoms with van der Waals surface area (Å²) in [4.78, 5) is 15.2. The van der Waals surface area contributed by atoms with E-state index in [1.165, 1.54) is 0 Å². The molecule has 0 radical (unpaired) electrons. The van der Waals surface area contributed by atoms with E-state index in [4.69, 9.17) is 5.11 Å². The molecule has 0 aliphatic carbocycles. The number of aryl methyl sites for hydroxylation is 1. The second-order valence-electron chi connectivity index (χ2n) is 3.93. The molecule has 0 bridgehead atoms. The fourth-order valence-corrected chi connectivity index (χ4v) is 2.34. The molecule has 18 heavy (non-hydrogen) atoms. The van der Waals surface area contributed by atoms with Gasteiger partial charge >= 0.3 is 5.97 Å². The van der Waals surface area contributed by atoms with E-state index in [1.54, 1.807) is 24.4 Å². The van der Waals surface area contributed by atoms with Crippen molar-refractivity contribution in [2.24, 2.45) is 0 Å². The van der Waals surface area contributed by atoms with Gasteiger partial charge in [-0.25, -0.2) is 9.78 Å². The number of rotatable bonds is 4. The minimum atomic E-state index is -0.937. The second kappa shape index (κ2) is 5.35. The van der Waals surface area contributed by atoms with E-state index in [1.807, 2.05) is 10.8 Å². The van der Waals surface area contributed by atoms with E-state index in [2.05, 4.69) is 27.8 Å². The Bertz CT molecular complexity index is 578. The Morgan fingerprint density at radius 2 is 2.28 bits per heavy atom. The predicted molar refractivity (Wildman–Crippen MR) is 72.2 cm³/mol. The van der Waals surface area contributed by atoms with Crippen LogP contribution in [0.4, 0.5) is 0 Å². The molecule has 94 valence electrons. The Labute approximate surface area is 113 Å². The second-order valence-corrected chi connectivity index (χ2v) is 4.79. The molecule has 0 fully saturated rings. The SMILES string of the molecule is CCCc1nccn1-c1ccc(C(=O)O)c(Br)c1. The molecule has 2 rings (SSSR count). The van der Waals surface area contributed by atoms with Crippen LogP contribution in [-0.2, 0) is 6.42 Å². The van der Waals surface area contributed by atoms with Gasteiger partial charge in [-0.3, -0.25) is 0 Å². The fourth-order valence-electron chi connectivity index (χ4n) is 1.81. The number of hydrogen-bond donors (Lipinski definition) is 1. The van der Waals surface area contributed by atoms with Gasteiger partial charge in [-0.15, -0.1) is 0 Å². The molecule has 5 heteroatoms. The van der Waals surface area contributed by atoms with Crippen molar-refractivity contribution in [1.82, 2.24) is 9.55 Å². The molecule has 1 aromatic carbocycles. The van der Waals surface area contributed by atoms with Crippen LogP contribution in [0.3, 0.4) is 0 Å². The van der Waals surface area contributed by atoms with Gasteiger partial charge in [0.1, 0.15) is 5.82 Å². The van der Waals surface area contributed by atoms with E-state index in [9.17, 15) is 4.79 Å². The lowest BCUT2D eigenvalue weighted by molar-refractivity contribution is 0.0696. The Morgan fingerprint density at radius 3 is 2.89 bits per heavy atom. The van der Waals surface area contributed by atoms with Gasteiger partial charge in [0.05, 0.1) is 5.56 Å². The first-order valence-corrected chi connectivity index (χ1v) is 6.48. The van der Waals surface area contributed by atoms with Crippen LogP contribution < -0.4 is 0 Å². The zero-order chi connectivity index (χ0) is 13.1. The van der Waals surface area contributed by atoms with Gasteiger partial charge in [-0.05, 0) is 40.5 Å². The molecular weight excluding hydrogens is 296 g/mol. The van der Waals surface area contributed by atoms with Crippen LogP contribution in [0.15, 0.2) is 35.1 Å². The van der Waals surface area contributed by atoms with Crippen LogP contribution in [0.25, 0.3) is 5.69 Å². The number of carboxylic acid groups (broad SMARTS) is 1. The number of imidazole rings is 1. The van der Waals surface area contributed by atoms with Gasteiger partial charge in [0.15, 0.2) is 0 Å². The smallest absolute Gasteiger partial charge is 0.336 e. The number of hydrogen-bond acceptors (Lipinski definition) is 2. The fraction of sp³-hybridized carbons (Fsp3) is 0.231. The number of nitrogens with zero attached hydrogens (tertiary/aromatic N) is 2. The van der Waals surface area contributed by atoms with Gasteiger partial charge < -0.3 is 9.67 Å². The summed E-state index contributed by atoms with van der Waals surface area (Å²) >= 11 is 3.28. The number of aromatic nitrogens is 2. The van der Waals surface area contributed by atoms with Crippen molar-refractivity contribution in [2.75, 3.05) is 0 Å². The maximum atomic E-state index is 10.9. The Hall–Kier alpha value is -1.62. The van der Waals surface area contributed by atoms with Gasteiger partial charge in [0.25, 0.3) is 0 Å². The van der Waals surface area contributed by atoms with E-state index < -0.39 is 5.97 Å². The van der Waals surface area contributed by atoms with Gasteiger partial charge in [-0.1, -0.05) is 6.92 Å². The summed E-state index contributed by atoms with van der Waals surface area (Å²) in [6, 6.07) is 5.18. The normalized spacial score (nSPS) is 10.6. The number of carbonyl (C=O) groups is 1. The van der Waals surface area contributed by atoms with Crippen LogP contribution in [0, 0.1) is 0 Å². The predicted octanol–water partition coefficient (Wildman–Crippen LogP) is 3.29. The standard InChI is InChI=1S/C13H13BrN2O2/c1-2-3-12-15-6-7-16(12)9-4-5-10(13(17)18)11(14)8-9/h4-8H,2-3H2,1H3,(H,17,18). The molecule has 1 heterocycles. The van der Waals surface area contributed by atoms with Crippen molar-refractivity contribution in [2.45, 2.75) is 19.8 Å². The van der Waals surface area contributed by atoms with E-state index in [0.29, 0.717) is 4.47 Å². The Balaban J connectivity index is 2.42. The highest BCUT2D eigenvalue weighted by molar-refractivity contribution is 9.10. The van der Waals surface area contributed by atoms with E-state index in [0.717, 1.165) is 24.4 Å². The number of aromatic carboxylic acids is 1. The summed E-state index contributed by atoms with van der Waals surface area (Å²) in [5.41, 5.74) is 1.17. The van der Waals surface area contributed by atoms with Gasteiger partial charge in [0, 0.05) is 29.0 Å². The van der Waals surface area contributed by atoms with Crippen LogP contribution in [0.1, 0.15) is 29.5 Å². The first-order valence-electron chi connectivity index (χ1n) is 5.69. The molecule has 0 aliphatic heterocycles. The molecule has 0 aliphatic rings. The van der Waals surface area contributed by atoms with Crippen LogP contribution in [-0.4, -0.2) is 20.6 Å². The zero-order valence-electron chi connectivity index (χ0n) is 9.93. The molecule has 0 saturated heterocycles. The molecular formula is C13H13BrN2O2. The van der Waals surface area contributed by atoms with Crippen molar-refractivity contribution in [3.05, 3.63) is 46.5 Å². The number of benzene rings is 1. The molecule has 1 N–H and O–H groups in total.